The molecule has 1 saturated heterocycles. The summed E-state index contributed by atoms with van der Waals surface area (Å²) in [6.07, 6.45) is 0. The number of benzene rings is 1. The molecule has 0 radical (unpaired) electrons. The number of amides is 1. The van der Waals surface area contributed by atoms with Crippen molar-refractivity contribution in [2.45, 2.75) is 0 Å². The lowest BCUT2D eigenvalue weighted by Crippen LogP contribution is -3.15. The maximum atomic E-state index is 12.3. The minimum Gasteiger partial charge on any atom is -0.497 e. The monoisotopic (exact) mass is 265 g/mol. The molecule has 2 rings (SSSR count). The summed E-state index contributed by atoms with van der Waals surface area (Å²) < 4.78 is 5.08. The first-order valence-electron chi connectivity index (χ1n) is 6.62. The van der Waals surface area contributed by atoms with Crippen molar-refractivity contribution in [1.82, 2.24) is 4.90 Å². The lowest BCUT2D eigenvalue weighted by atomic mass is 10.1. The third-order valence-corrected chi connectivity index (χ3v) is 3.56. The number of carbonyl (C=O) groups excluding carboxylic acids is 1. The van der Waals surface area contributed by atoms with Crippen molar-refractivity contribution < 1.29 is 19.5 Å². The van der Waals surface area contributed by atoms with E-state index in [4.69, 9.17) is 9.84 Å². The molecular weight excluding hydrogens is 244 g/mol. The van der Waals surface area contributed by atoms with Gasteiger partial charge >= 0.3 is 0 Å². The van der Waals surface area contributed by atoms with Crippen LogP contribution >= 0.6 is 0 Å². The summed E-state index contributed by atoms with van der Waals surface area (Å²) in [7, 11) is 1.61. The molecule has 0 saturated carbocycles. The van der Waals surface area contributed by atoms with E-state index in [2.05, 4.69) is 0 Å². The Kier molecular flexibility index (Phi) is 4.76. The molecule has 0 aliphatic carbocycles. The zero-order valence-corrected chi connectivity index (χ0v) is 11.3. The number of quaternary nitrogens is 1. The van der Waals surface area contributed by atoms with Crippen LogP contribution in [0.5, 0.6) is 5.75 Å². The van der Waals surface area contributed by atoms with Gasteiger partial charge < -0.3 is 19.6 Å². The van der Waals surface area contributed by atoms with Gasteiger partial charge in [0.25, 0.3) is 5.91 Å². The number of nitrogens with zero attached hydrogens (tertiary/aromatic N) is 1. The third-order valence-electron chi connectivity index (χ3n) is 3.56. The largest absolute Gasteiger partial charge is 0.497 e. The van der Waals surface area contributed by atoms with Gasteiger partial charge in [-0.3, -0.25) is 4.79 Å². The van der Waals surface area contributed by atoms with Gasteiger partial charge in [-0.1, -0.05) is 0 Å². The molecule has 0 bridgehead atoms. The van der Waals surface area contributed by atoms with E-state index < -0.39 is 0 Å². The van der Waals surface area contributed by atoms with E-state index in [0.717, 1.165) is 38.5 Å². The zero-order chi connectivity index (χ0) is 13.7. The molecule has 1 aliphatic heterocycles. The van der Waals surface area contributed by atoms with E-state index in [1.807, 2.05) is 4.90 Å². The van der Waals surface area contributed by atoms with Crippen molar-refractivity contribution >= 4 is 5.91 Å². The van der Waals surface area contributed by atoms with Crippen molar-refractivity contribution in [3.05, 3.63) is 29.8 Å². The first kappa shape index (κ1) is 13.8. The van der Waals surface area contributed by atoms with Gasteiger partial charge in [-0.2, -0.15) is 0 Å². The Labute approximate surface area is 113 Å². The third kappa shape index (κ3) is 3.45. The van der Waals surface area contributed by atoms with Crippen LogP contribution in [0.15, 0.2) is 24.3 Å². The number of aliphatic hydroxyl groups excluding tert-OH is 1. The van der Waals surface area contributed by atoms with Gasteiger partial charge in [0, 0.05) is 5.56 Å². The molecule has 0 spiro atoms. The van der Waals surface area contributed by atoms with Gasteiger partial charge in [-0.05, 0) is 24.3 Å². The fourth-order valence-electron chi connectivity index (χ4n) is 2.35. The summed E-state index contributed by atoms with van der Waals surface area (Å²) in [6.45, 7) is 4.29. The number of aliphatic hydroxyl groups is 1. The van der Waals surface area contributed by atoms with E-state index in [9.17, 15) is 4.79 Å². The highest BCUT2D eigenvalue weighted by molar-refractivity contribution is 5.94. The summed E-state index contributed by atoms with van der Waals surface area (Å²) in [5.41, 5.74) is 0.700. The maximum Gasteiger partial charge on any atom is 0.254 e. The van der Waals surface area contributed by atoms with Crippen LogP contribution in [0.3, 0.4) is 0 Å². The molecule has 19 heavy (non-hydrogen) atoms. The van der Waals surface area contributed by atoms with Crippen molar-refractivity contribution in [2.75, 3.05) is 46.4 Å². The molecule has 2 N–H and O–H groups in total. The summed E-state index contributed by atoms with van der Waals surface area (Å²) in [4.78, 5) is 15.5. The van der Waals surface area contributed by atoms with Gasteiger partial charge in [0.15, 0.2) is 0 Å². The molecule has 1 aromatic rings. The maximum absolute atomic E-state index is 12.3. The van der Waals surface area contributed by atoms with Crippen LogP contribution in [0.1, 0.15) is 10.4 Å². The molecule has 0 aromatic heterocycles. The molecule has 1 heterocycles. The van der Waals surface area contributed by atoms with Crippen LogP contribution in [-0.2, 0) is 0 Å². The molecule has 1 amide bonds. The summed E-state index contributed by atoms with van der Waals surface area (Å²) >= 11 is 0. The highest BCUT2D eigenvalue weighted by Gasteiger charge is 2.23. The minimum atomic E-state index is 0.0747. The SMILES string of the molecule is COc1ccc(C(=O)N2CC[NH+](CCO)CC2)cc1. The number of hydrogen-bond acceptors (Lipinski definition) is 3. The lowest BCUT2D eigenvalue weighted by molar-refractivity contribution is -0.904. The van der Waals surface area contributed by atoms with Crippen molar-refractivity contribution in [1.29, 1.82) is 0 Å². The predicted molar refractivity (Wildman–Crippen MR) is 71.5 cm³/mol. The fourth-order valence-corrected chi connectivity index (χ4v) is 2.35. The van der Waals surface area contributed by atoms with E-state index in [-0.39, 0.29) is 12.5 Å². The molecule has 1 fully saturated rings. The number of nitrogens with one attached hydrogen (secondary N) is 1. The van der Waals surface area contributed by atoms with Gasteiger partial charge in [0.1, 0.15) is 12.3 Å². The predicted octanol–water partition coefficient (Wildman–Crippen LogP) is -0.972. The Morgan fingerprint density at radius 2 is 1.95 bits per heavy atom. The highest BCUT2D eigenvalue weighted by Crippen LogP contribution is 2.13. The van der Waals surface area contributed by atoms with Crippen LogP contribution in [0.2, 0.25) is 0 Å². The Hall–Kier alpha value is -1.59. The smallest absolute Gasteiger partial charge is 0.254 e. The van der Waals surface area contributed by atoms with Gasteiger partial charge in [0.2, 0.25) is 0 Å². The number of carbonyl (C=O) groups is 1. The zero-order valence-electron chi connectivity index (χ0n) is 11.3. The van der Waals surface area contributed by atoms with Gasteiger partial charge in [-0.15, -0.1) is 0 Å². The first-order valence-corrected chi connectivity index (χ1v) is 6.62. The second-order valence-corrected chi connectivity index (χ2v) is 4.74. The molecule has 0 unspecified atom stereocenters. The van der Waals surface area contributed by atoms with Crippen LogP contribution in [0, 0.1) is 0 Å². The second-order valence-electron chi connectivity index (χ2n) is 4.74. The van der Waals surface area contributed by atoms with Crippen LogP contribution in [0.25, 0.3) is 0 Å². The molecule has 1 aromatic carbocycles. The quantitative estimate of drug-likeness (QED) is 0.736. The van der Waals surface area contributed by atoms with Gasteiger partial charge in [0.05, 0.1) is 39.9 Å². The van der Waals surface area contributed by atoms with Gasteiger partial charge in [-0.25, -0.2) is 0 Å². The van der Waals surface area contributed by atoms with Crippen LogP contribution in [-0.4, -0.2) is 62.4 Å². The van der Waals surface area contributed by atoms with E-state index in [1.165, 1.54) is 4.90 Å². The Balaban J connectivity index is 1.93. The van der Waals surface area contributed by atoms with Crippen LogP contribution < -0.4 is 9.64 Å². The Bertz CT molecular complexity index is 411. The van der Waals surface area contributed by atoms with Crippen molar-refractivity contribution in [3.8, 4) is 5.75 Å². The Morgan fingerprint density at radius 1 is 1.32 bits per heavy atom. The number of piperazine rings is 1. The van der Waals surface area contributed by atoms with Crippen LogP contribution in [0.4, 0.5) is 0 Å². The molecule has 0 atom stereocenters. The van der Waals surface area contributed by atoms with Crippen molar-refractivity contribution in [2.24, 2.45) is 0 Å². The van der Waals surface area contributed by atoms with E-state index in [1.54, 1.807) is 31.4 Å². The number of ether oxygens (including phenoxy) is 1. The molecule has 1 aliphatic rings. The molecular formula is C14H21N2O3+. The van der Waals surface area contributed by atoms with E-state index >= 15 is 0 Å². The minimum absolute atomic E-state index is 0.0747. The van der Waals surface area contributed by atoms with E-state index in [0.29, 0.717) is 5.56 Å². The Morgan fingerprint density at radius 3 is 2.47 bits per heavy atom. The standard InChI is InChI=1S/C14H20N2O3/c1-19-13-4-2-12(3-5-13)14(18)16-8-6-15(7-9-16)10-11-17/h2-5,17H,6-11H2,1H3/p+1. The molecule has 5 heteroatoms. The van der Waals surface area contributed by atoms with Crippen molar-refractivity contribution in [3.63, 3.8) is 0 Å². The normalized spacial score (nSPS) is 16.4. The molecule has 5 nitrogen and oxygen atoms in total. The second kappa shape index (κ2) is 6.54. The topological polar surface area (TPSA) is 54.2 Å². The number of hydrogen-bond donors (Lipinski definition) is 2. The lowest BCUT2D eigenvalue weighted by Gasteiger charge is -2.32. The average Bonchev–Trinajstić information content (AvgIpc) is 2.48. The first-order chi connectivity index (χ1) is 9.24. The fraction of sp³-hybridized carbons (Fsp3) is 0.500. The number of rotatable bonds is 4. The number of methoxy groups -OCH3 is 1. The average molecular weight is 265 g/mol. The highest BCUT2D eigenvalue weighted by atomic mass is 16.5. The summed E-state index contributed by atoms with van der Waals surface area (Å²) in [6, 6.07) is 7.21. The molecule has 104 valence electrons. The summed E-state index contributed by atoms with van der Waals surface area (Å²) in [5, 5.41) is 8.91. The summed E-state index contributed by atoms with van der Waals surface area (Å²) in [5.74, 6) is 0.833.